The quantitative estimate of drug-likeness (QED) is 0.524. The number of hydrogen-bond acceptors (Lipinski definition) is 5. The van der Waals surface area contributed by atoms with Crippen LogP contribution in [0.4, 0.5) is 11.5 Å². The molecule has 0 bridgehead atoms. The molecule has 0 aliphatic rings. The molecule has 4 N–H and O–H groups in total. The fraction of sp³-hybridized carbons (Fsp3) is 0.100. The molecule has 88 valence electrons. The van der Waals surface area contributed by atoms with E-state index in [0.29, 0.717) is 17.1 Å². The van der Waals surface area contributed by atoms with Crippen LogP contribution in [-0.2, 0) is 7.05 Å². The minimum Gasteiger partial charge on any atom is -0.322 e. The summed E-state index contributed by atoms with van der Waals surface area (Å²) in [6.45, 7) is 0. The van der Waals surface area contributed by atoms with Crippen LogP contribution in [0.3, 0.4) is 0 Å². The molecule has 0 fully saturated rings. The highest BCUT2D eigenvalue weighted by molar-refractivity contribution is 6.07. The number of carbonyl (C=O) groups excluding carboxylic acids is 1. The molecule has 1 amide bonds. The smallest absolute Gasteiger partial charge is 0.259 e. The first kappa shape index (κ1) is 11.1. The van der Waals surface area contributed by atoms with Crippen molar-refractivity contribution in [3.05, 3.63) is 36.3 Å². The number of aryl methyl sites for hydroxylation is 1. The summed E-state index contributed by atoms with van der Waals surface area (Å²) in [6.07, 6.45) is 4.74. The number of nitrogens with one attached hydrogen (secondary N) is 2. The van der Waals surface area contributed by atoms with Crippen molar-refractivity contribution in [3.8, 4) is 0 Å². The average Bonchev–Trinajstić information content (AvgIpc) is 2.74. The number of carbonyl (C=O) groups is 1. The van der Waals surface area contributed by atoms with Gasteiger partial charge in [0.15, 0.2) is 5.82 Å². The van der Waals surface area contributed by atoms with Crippen LogP contribution in [0.1, 0.15) is 10.4 Å². The number of pyridine rings is 1. The van der Waals surface area contributed by atoms with Gasteiger partial charge in [-0.2, -0.15) is 5.10 Å². The van der Waals surface area contributed by atoms with Crippen LogP contribution in [0.5, 0.6) is 0 Å². The van der Waals surface area contributed by atoms with Gasteiger partial charge in [-0.05, 0) is 6.07 Å². The molecule has 7 heteroatoms. The van der Waals surface area contributed by atoms with Crippen LogP contribution in [0.15, 0.2) is 30.7 Å². The number of hydrazine groups is 1. The Hall–Kier alpha value is -2.41. The molecule has 0 aromatic carbocycles. The molecule has 2 rings (SSSR count). The largest absolute Gasteiger partial charge is 0.322 e. The van der Waals surface area contributed by atoms with Gasteiger partial charge in [0.1, 0.15) is 0 Å². The van der Waals surface area contributed by atoms with Crippen LogP contribution < -0.4 is 16.6 Å². The molecule has 0 unspecified atom stereocenters. The summed E-state index contributed by atoms with van der Waals surface area (Å²) < 4.78 is 1.60. The van der Waals surface area contributed by atoms with Crippen LogP contribution in [0.2, 0.25) is 0 Å². The molecule has 17 heavy (non-hydrogen) atoms. The van der Waals surface area contributed by atoms with Gasteiger partial charge in [0.2, 0.25) is 0 Å². The molecule has 0 radical (unpaired) electrons. The van der Waals surface area contributed by atoms with Gasteiger partial charge < -0.3 is 10.7 Å². The van der Waals surface area contributed by atoms with E-state index in [9.17, 15) is 4.79 Å². The molecule has 0 saturated carbocycles. The predicted molar refractivity (Wildman–Crippen MR) is 63.2 cm³/mol. The molecule has 0 saturated heterocycles. The number of anilines is 2. The van der Waals surface area contributed by atoms with E-state index in [1.165, 1.54) is 12.4 Å². The molecule has 0 atom stereocenters. The number of amides is 1. The number of rotatable bonds is 3. The standard InChI is InChI=1S/C10H12N6O/c1-16-5-3-9(15-16)13-10(17)7-2-4-12-6-8(7)14-11/h2-6,14H,11H2,1H3,(H,13,15,17). The van der Waals surface area contributed by atoms with Crippen molar-refractivity contribution in [1.82, 2.24) is 14.8 Å². The van der Waals surface area contributed by atoms with Gasteiger partial charge in [-0.3, -0.25) is 20.3 Å². The van der Waals surface area contributed by atoms with E-state index in [1.54, 1.807) is 30.1 Å². The third-order valence-corrected chi connectivity index (χ3v) is 2.18. The first-order valence-electron chi connectivity index (χ1n) is 4.92. The van der Waals surface area contributed by atoms with Gasteiger partial charge in [0.05, 0.1) is 17.4 Å². The summed E-state index contributed by atoms with van der Waals surface area (Å²) in [5.74, 6) is 5.49. The highest BCUT2D eigenvalue weighted by atomic mass is 16.1. The second-order valence-corrected chi connectivity index (χ2v) is 3.39. The minimum absolute atomic E-state index is 0.293. The van der Waals surface area contributed by atoms with Gasteiger partial charge in [0.25, 0.3) is 5.91 Å². The lowest BCUT2D eigenvalue weighted by Gasteiger charge is -2.06. The Morgan fingerprint density at radius 2 is 2.29 bits per heavy atom. The zero-order chi connectivity index (χ0) is 12.3. The highest BCUT2D eigenvalue weighted by Gasteiger charge is 2.11. The van der Waals surface area contributed by atoms with Crippen LogP contribution in [-0.4, -0.2) is 20.7 Å². The van der Waals surface area contributed by atoms with Crippen molar-refractivity contribution in [3.63, 3.8) is 0 Å². The average molecular weight is 232 g/mol. The Morgan fingerprint density at radius 3 is 2.94 bits per heavy atom. The summed E-state index contributed by atoms with van der Waals surface area (Å²) in [5, 5.41) is 6.71. The first-order valence-corrected chi connectivity index (χ1v) is 4.92. The Bertz CT molecular complexity index is 535. The third kappa shape index (κ3) is 2.40. The molecule has 0 aliphatic heterocycles. The van der Waals surface area contributed by atoms with Crippen molar-refractivity contribution < 1.29 is 4.79 Å². The summed E-state index contributed by atoms with van der Waals surface area (Å²) in [4.78, 5) is 15.8. The maximum absolute atomic E-state index is 11.9. The topological polar surface area (TPSA) is 97.9 Å². The zero-order valence-electron chi connectivity index (χ0n) is 9.21. The van der Waals surface area contributed by atoms with Crippen LogP contribution in [0, 0.1) is 0 Å². The van der Waals surface area contributed by atoms with E-state index in [4.69, 9.17) is 5.84 Å². The number of nitrogens with two attached hydrogens (primary N) is 1. The lowest BCUT2D eigenvalue weighted by Crippen LogP contribution is -2.17. The lowest BCUT2D eigenvalue weighted by atomic mass is 10.2. The minimum atomic E-state index is -0.293. The molecule has 2 heterocycles. The normalized spacial score (nSPS) is 10.0. The first-order chi connectivity index (χ1) is 8.20. The van der Waals surface area contributed by atoms with E-state index < -0.39 is 0 Å². The molecule has 0 aliphatic carbocycles. The number of nitrogens with zero attached hydrogens (tertiary/aromatic N) is 3. The van der Waals surface area contributed by atoms with Gasteiger partial charge in [-0.1, -0.05) is 0 Å². The molecule has 0 spiro atoms. The van der Waals surface area contributed by atoms with E-state index in [-0.39, 0.29) is 5.91 Å². The van der Waals surface area contributed by atoms with E-state index >= 15 is 0 Å². The van der Waals surface area contributed by atoms with E-state index in [2.05, 4.69) is 20.8 Å². The number of aromatic nitrogens is 3. The Labute approximate surface area is 97.6 Å². The van der Waals surface area contributed by atoms with Crippen molar-refractivity contribution >= 4 is 17.4 Å². The Morgan fingerprint density at radius 1 is 1.47 bits per heavy atom. The summed E-state index contributed by atoms with van der Waals surface area (Å²) in [7, 11) is 1.77. The van der Waals surface area contributed by atoms with E-state index in [1.807, 2.05) is 0 Å². The maximum Gasteiger partial charge on any atom is 0.259 e. The third-order valence-electron chi connectivity index (χ3n) is 2.18. The van der Waals surface area contributed by atoms with Crippen molar-refractivity contribution in [2.75, 3.05) is 10.7 Å². The van der Waals surface area contributed by atoms with Crippen molar-refractivity contribution in [1.29, 1.82) is 0 Å². The summed E-state index contributed by atoms with van der Waals surface area (Å²) in [6, 6.07) is 3.28. The number of hydrogen-bond donors (Lipinski definition) is 3. The zero-order valence-corrected chi connectivity index (χ0v) is 9.21. The van der Waals surface area contributed by atoms with Gasteiger partial charge in [0, 0.05) is 25.5 Å². The fourth-order valence-corrected chi connectivity index (χ4v) is 1.37. The Kier molecular flexibility index (Phi) is 3.01. The maximum atomic E-state index is 11.9. The Balaban J connectivity index is 2.20. The van der Waals surface area contributed by atoms with Gasteiger partial charge in [-0.25, -0.2) is 0 Å². The van der Waals surface area contributed by atoms with Crippen molar-refractivity contribution in [2.24, 2.45) is 12.9 Å². The lowest BCUT2D eigenvalue weighted by molar-refractivity contribution is 0.102. The number of nitrogen functional groups attached to an aromatic ring is 1. The predicted octanol–water partition coefficient (Wildman–Crippen LogP) is 0.353. The fourth-order valence-electron chi connectivity index (χ4n) is 1.37. The van der Waals surface area contributed by atoms with Crippen LogP contribution in [0.25, 0.3) is 0 Å². The second-order valence-electron chi connectivity index (χ2n) is 3.39. The molecular formula is C10H12N6O. The SMILES string of the molecule is Cn1ccc(NC(=O)c2ccncc2NN)n1. The molecule has 2 aromatic heterocycles. The van der Waals surface area contributed by atoms with Crippen molar-refractivity contribution in [2.45, 2.75) is 0 Å². The molecule has 7 nitrogen and oxygen atoms in total. The van der Waals surface area contributed by atoms with Gasteiger partial charge >= 0.3 is 0 Å². The highest BCUT2D eigenvalue weighted by Crippen LogP contribution is 2.13. The summed E-state index contributed by atoms with van der Waals surface area (Å²) in [5.41, 5.74) is 3.29. The summed E-state index contributed by atoms with van der Waals surface area (Å²) >= 11 is 0. The van der Waals surface area contributed by atoms with Crippen LogP contribution >= 0.6 is 0 Å². The van der Waals surface area contributed by atoms with Gasteiger partial charge in [-0.15, -0.1) is 0 Å². The second kappa shape index (κ2) is 4.62. The monoisotopic (exact) mass is 232 g/mol. The molecular weight excluding hydrogens is 220 g/mol. The van der Waals surface area contributed by atoms with E-state index in [0.717, 1.165) is 0 Å². The molecule has 2 aromatic rings.